The average molecular weight is 423 g/mol. The molecule has 5 nitrogen and oxygen atoms in total. The molecule has 0 saturated carbocycles. The van der Waals surface area contributed by atoms with Gasteiger partial charge in [0, 0.05) is 12.2 Å². The molecule has 6 heteroatoms. The van der Waals surface area contributed by atoms with Crippen molar-refractivity contribution in [2.45, 2.75) is 30.6 Å². The molecule has 0 aliphatic rings. The highest BCUT2D eigenvalue weighted by atomic mass is 32.2. The Hall–Kier alpha value is -2.96. The number of nitrogens with one attached hydrogen (secondary N) is 2. The summed E-state index contributed by atoms with van der Waals surface area (Å²) in [4.78, 5) is 12.8. The van der Waals surface area contributed by atoms with Crippen LogP contribution in [0.3, 0.4) is 0 Å². The van der Waals surface area contributed by atoms with Gasteiger partial charge in [-0.25, -0.2) is 13.1 Å². The lowest BCUT2D eigenvalue weighted by atomic mass is 9.95. The fraction of sp³-hybridized carbons (Fsp3) is 0.208. The number of sulfonamides is 1. The first kappa shape index (κ1) is 21.7. The summed E-state index contributed by atoms with van der Waals surface area (Å²) < 4.78 is 27.6. The van der Waals surface area contributed by atoms with E-state index in [4.69, 9.17) is 0 Å². The Morgan fingerprint density at radius 1 is 0.867 bits per heavy atom. The van der Waals surface area contributed by atoms with E-state index in [1.54, 1.807) is 12.1 Å². The molecule has 2 N–H and O–H groups in total. The number of hydrogen-bond acceptors (Lipinski definition) is 3. The van der Waals surface area contributed by atoms with Crippen molar-refractivity contribution >= 4 is 21.6 Å². The number of benzene rings is 3. The second kappa shape index (κ2) is 10.2. The van der Waals surface area contributed by atoms with Crippen molar-refractivity contribution in [3.8, 4) is 0 Å². The number of carbonyl (C=O) groups is 1. The van der Waals surface area contributed by atoms with Crippen molar-refractivity contribution in [1.29, 1.82) is 0 Å². The van der Waals surface area contributed by atoms with Crippen molar-refractivity contribution in [3.05, 3.63) is 96.1 Å². The van der Waals surface area contributed by atoms with Gasteiger partial charge in [0.2, 0.25) is 15.9 Å². The predicted molar refractivity (Wildman–Crippen MR) is 120 cm³/mol. The molecule has 0 aliphatic heterocycles. The van der Waals surface area contributed by atoms with E-state index in [1.165, 1.54) is 12.1 Å². The van der Waals surface area contributed by atoms with E-state index in [0.29, 0.717) is 25.1 Å². The highest BCUT2D eigenvalue weighted by Crippen LogP contribution is 2.22. The zero-order chi connectivity index (χ0) is 21.4. The molecule has 0 aliphatic carbocycles. The van der Waals surface area contributed by atoms with Gasteiger partial charge in [-0.1, -0.05) is 67.6 Å². The minimum Gasteiger partial charge on any atom is -0.326 e. The number of rotatable bonds is 9. The molecule has 0 radical (unpaired) electrons. The smallest absolute Gasteiger partial charge is 0.240 e. The van der Waals surface area contributed by atoms with Crippen LogP contribution in [0.4, 0.5) is 5.69 Å². The molecule has 1 unspecified atom stereocenters. The number of hydrogen-bond donors (Lipinski definition) is 2. The average Bonchev–Trinajstić information content (AvgIpc) is 2.76. The van der Waals surface area contributed by atoms with Crippen LogP contribution in [0.5, 0.6) is 0 Å². The van der Waals surface area contributed by atoms with Crippen LogP contribution < -0.4 is 10.0 Å². The maximum Gasteiger partial charge on any atom is 0.240 e. The topological polar surface area (TPSA) is 75.3 Å². The van der Waals surface area contributed by atoms with E-state index in [2.05, 4.69) is 10.0 Å². The first-order valence-electron chi connectivity index (χ1n) is 9.99. The number of carbonyl (C=O) groups excluding carboxylic acids is 1. The Kier molecular flexibility index (Phi) is 7.38. The maximum absolute atomic E-state index is 12.7. The monoisotopic (exact) mass is 422 g/mol. The molecule has 1 atom stereocenters. The second-order valence-corrected chi connectivity index (χ2v) is 8.79. The van der Waals surface area contributed by atoms with Gasteiger partial charge in [-0.15, -0.1) is 0 Å². The third-order valence-corrected chi connectivity index (χ3v) is 6.38. The van der Waals surface area contributed by atoms with Crippen LogP contribution in [0.25, 0.3) is 0 Å². The Morgan fingerprint density at radius 3 is 2.07 bits per heavy atom. The van der Waals surface area contributed by atoms with Gasteiger partial charge in [0.1, 0.15) is 0 Å². The van der Waals surface area contributed by atoms with Crippen molar-refractivity contribution in [1.82, 2.24) is 4.72 Å². The minimum atomic E-state index is -3.60. The van der Waals surface area contributed by atoms with Crippen LogP contribution >= 0.6 is 0 Å². The molecule has 0 fully saturated rings. The molecule has 0 heterocycles. The fourth-order valence-corrected chi connectivity index (χ4v) is 4.29. The first-order valence-corrected chi connectivity index (χ1v) is 11.5. The molecule has 1 amide bonds. The van der Waals surface area contributed by atoms with E-state index in [9.17, 15) is 13.2 Å². The molecule has 3 rings (SSSR count). The minimum absolute atomic E-state index is 0.111. The summed E-state index contributed by atoms with van der Waals surface area (Å²) in [6, 6.07) is 25.6. The van der Waals surface area contributed by atoms with Gasteiger partial charge in [0.05, 0.1) is 10.8 Å². The summed E-state index contributed by atoms with van der Waals surface area (Å²) in [5.74, 6) is -0.366. The Balaban J connectivity index is 1.60. The highest BCUT2D eigenvalue weighted by Gasteiger charge is 2.19. The Labute approximate surface area is 178 Å². The third kappa shape index (κ3) is 5.78. The summed E-state index contributed by atoms with van der Waals surface area (Å²) in [7, 11) is -3.60. The van der Waals surface area contributed by atoms with Crippen molar-refractivity contribution < 1.29 is 13.2 Å². The molecular formula is C24H26N2O3S. The summed E-state index contributed by atoms with van der Waals surface area (Å²) in [6.45, 7) is 2.29. The maximum atomic E-state index is 12.7. The van der Waals surface area contributed by atoms with Crippen LogP contribution in [-0.4, -0.2) is 20.9 Å². The van der Waals surface area contributed by atoms with Gasteiger partial charge < -0.3 is 5.32 Å². The molecule has 30 heavy (non-hydrogen) atoms. The first-order chi connectivity index (χ1) is 14.5. The summed E-state index contributed by atoms with van der Waals surface area (Å²) in [6.07, 6.45) is 1.29. The van der Waals surface area contributed by atoms with E-state index >= 15 is 0 Å². The molecule has 3 aromatic carbocycles. The lowest BCUT2D eigenvalue weighted by Crippen LogP contribution is -2.26. The third-order valence-electron chi connectivity index (χ3n) is 4.91. The van der Waals surface area contributed by atoms with E-state index in [-0.39, 0.29) is 16.7 Å². The van der Waals surface area contributed by atoms with E-state index in [0.717, 1.165) is 11.1 Å². The number of amides is 1. The molecule has 156 valence electrons. The van der Waals surface area contributed by atoms with Gasteiger partial charge in [-0.3, -0.25) is 4.79 Å². The molecule has 0 saturated heterocycles. The molecule has 0 bridgehead atoms. The second-order valence-electron chi connectivity index (χ2n) is 7.02. The lowest BCUT2D eigenvalue weighted by Gasteiger charge is -2.15. The SMILES string of the molecule is CCC(C(=O)Nc1ccc(S(=O)(=O)NCCc2ccccc2)cc1)c1ccccc1. The van der Waals surface area contributed by atoms with Crippen LogP contribution in [0.15, 0.2) is 89.8 Å². The van der Waals surface area contributed by atoms with Crippen molar-refractivity contribution in [2.75, 3.05) is 11.9 Å². The normalized spacial score (nSPS) is 12.3. The van der Waals surface area contributed by atoms with Gasteiger partial charge in [0.25, 0.3) is 0 Å². The van der Waals surface area contributed by atoms with Gasteiger partial charge >= 0.3 is 0 Å². The van der Waals surface area contributed by atoms with Crippen molar-refractivity contribution in [3.63, 3.8) is 0 Å². The standard InChI is InChI=1S/C24H26N2O3S/c1-2-23(20-11-7-4-8-12-20)24(27)26-21-13-15-22(16-14-21)30(28,29)25-18-17-19-9-5-3-6-10-19/h3-16,23,25H,2,17-18H2,1H3,(H,26,27). The largest absolute Gasteiger partial charge is 0.326 e. The van der Waals surface area contributed by atoms with Crippen LogP contribution in [0.1, 0.15) is 30.4 Å². The molecule has 0 aromatic heterocycles. The van der Waals surface area contributed by atoms with E-state index < -0.39 is 10.0 Å². The summed E-state index contributed by atoms with van der Waals surface area (Å²) in [5, 5.41) is 2.88. The van der Waals surface area contributed by atoms with E-state index in [1.807, 2.05) is 67.6 Å². The Morgan fingerprint density at radius 2 is 1.47 bits per heavy atom. The summed E-state index contributed by atoms with van der Waals surface area (Å²) in [5.41, 5.74) is 2.60. The van der Waals surface area contributed by atoms with Crippen molar-refractivity contribution in [2.24, 2.45) is 0 Å². The predicted octanol–water partition coefficient (Wildman–Crippen LogP) is 4.34. The summed E-state index contributed by atoms with van der Waals surface area (Å²) >= 11 is 0. The zero-order valence-corrected chi connectivity index (χ0v) is 17.7. The number of anilines is 1. The quantitative estimate of drug-likeness (QED) is 0.539. The molecule has 0 spiro atoms. The van der Waals surface area contributed by atoms with Gasteiger partial charge in [-0.2, -0.15) is 0 Å². The lowest BCUT2D eigenvalue weighted by molar-refractivity contribution is -0.117. The zero-order valence-electron chi connectivity index (χ0n) is 16.9. The van der Waals surface area contributed by atoms with Crippen LogP contribution in [0.2, 0.25) is 0 Å². The molecule has 3 aromatic rings. The van der Waals surface area contributed by atoms with Crippen LogP contribution in [0, 0.1) is 0 Å². The van der Waals surface area contributed by atoms with Crippen LogP contribution in [-0.2, 0) is 21.2 Å². The Bertz CT molecular complexity index is 1050. The van der Waals surface area contributed by atoms with Gasteiger partial charge in [0.15, 0.2) is 0 Å². The van der Waals surface area contributed by atoms with Gasteiger partial charge in [-0.05, 0) is 48.2 Å². The highest BCUT2D eigenvalue weighted by molar-refractivity contribution is 7.89. The fourth-order valence-electron chi connectivity index (χ4n) is 3.26. The molecular weight excluding hydrogens is 396 g/mol.